The van der Waals surface area contributed by atoms with Crippen molar-refractivity contribution in [2.75, 3.05) is 0 Å². The van der Waals surface area contributed by atoms with Gasteiger partial charge in [0.1, 0.15) is 6.26 Å². The lowest BCUT2D eigenvalue weighted by Crippen LogP contribution is -2.14. The van der Waals surface area contributed by atoms with E-state index in [0.29, 0.717) is 5.39 Å². The quantitative estimate of drug-likeness (QED) is 0.673. The van der Waals surface area contributed by atoms with E-state index in [1.54, 1.807) is 6.26 Å². The monoisotopic (exact) mass is 213 g/mol. The fourth-order valence-electron chi connectivity index (χ4n) is 2.06. The minimum atomic E-state index is 0.0754. The molecular weight excluding hydrogens is 202 g/mol. The Morgan fingerprint density at radius 3 is 2.88 bits per heavy atom. The molecule has 1 aromatic heterocycles. The van der Waals surface area contributed by atoms with Gasteiger partial charge in [0.05, 0.1) is 16.6 Å². The molecule has 2 heterocycles. The van der Waals surface area contributed by atoms with Crippen LogP contribution in [0.15, 0.2) is 35.5 Å². The summed E-state index contributed by atoms with van der Waals surface area (Å²) in [5.41, 5.74) is 2.66. The summed E-state index contributed by atoms with van der Waals surface area (Å²) in [5, 5.41) is 0.713. The summed E-state index contributed by atoms with van der Waals surface area (Å²) in [6.45, 7) is 3.79. The highest BCUT2D eigenvalue weighted by molar-refractivity contribution is 5.88. The van der Waals surface area contributed by atoms with Crippen molar-refractivity contribution in [3.8, 4) is 5.75 Å². The molecule has 0 radical (unpaired) electrons. The SMILES string of the molecule is CC1=COc2cccc3c(=O)c(C)cn1c23. The number of aromatic nitrogens is 1. The van der Waals surface area contributed by atoms with Crippen molar-refractivity contribution in [1.82, 2.24) is 4.57 Å². The number of pyridine rings is 1. The Morgan fingerprint density at radius 1 is 1.25 bits per heavy atom. The molecule has 0 fully saturated rings. The number of benzene rings is 1. The van der Waals surface area contributed by atoms with Crippen molar-refractivity contribution >= 4 is 16.6 Å². The third kappa shape index (κ3) is 1.05. The maximum absolute atomic E-state index is 12.0. The lowest BCUT2D eigenvalue weighted by atomic mass is 10.1. The molecule has 0 saturated carbocycles. The maximum atomic E-state index is 12.0. The number of hydrogen-bond donors (Lipinski definition) is 0. The average Bonchev–Trinajstić information content (AvgIpc) is 2.29. The topological polar surface area (TPSA) is 31.2 Å². The van der Waals surface area contributed by atoms with Gasteiger partial charge in [-0.25, -0.2) is 0 Å². The lowest BCUT2D eigenvalue weighted by molar-refractivity contribution is 0.476. The highest BCUT2D eigenvalue weighted by atomic mass is 16.5. The van der Waals surface area contributed by atoms with E-state index in [1.165, 1.54) is 0 Å². The number of rotatable bonds is 0. The average molecular weight is 213 g/mol. The van der Waals surface area contributed by atoms with Crippen LogP contribution < -0.4 is 10.2 Å². The molecule has 0 bridgehead atoms. The van der Waals surface area contributed by atoms with Gasteiger partial charge in [-0.1, -0.05) is 6.07 Å². The van der Waals surface area contributed by atoms with E-state index in [0.717, 1.165) is 22.5 Å². The van der Waals surface area contributed by atoms with Crippen LogP contribution in [0.2, 0.25) is 0 Å². The van der Waals surface area contributed by atoms with Gasteiger partial charge in [-0.15, -0.1) is 0 Å². The van der Waals surface area contributed by atoms with Crippen molar-refractivity contribution in [2.45, 2.75) is 13.8 Å². The van der Waals surface area contributed by atoms with E-state index >= 15 is 0 Å². The normalized spacial score (nSPS) is 13.5. The summed E-state index contributed by atoms with van der Waals surface area (Å²) in [6, 6.07) is 5.56. The second-order valence-corrected chi connectivity index (χ2v) is 4.04. The van der Waals surface area contributed by atoms with E-state index in [1.807, 2.05) is 42.8 Å². The third-order valence-electron chi connectivity index (χ3n) is 2.90. The molecule has 0 saturated heterocycles. The molecule has 0 amide bonds. The van der Waals surface area contributed by atoms with Crippen molar-refractivity contribution in [1.29, 1.82) is 0 Å². The molecule has 3 rings (SSSR count). The summed E-state index contributed by atoms with van der Waals surface area (Å²) in [6.07, 6.45) is 3.56. The number of nitrogens with zero attached hydrogens (tertiary/aromatic N) is 1. The van der Waals surface area contributed by atoms with Crippen molar-refractivity contribution in [3.05, 3.63) is 46.4 Å². The molecule has 80 valence electrons. The molecule has 3 nitrogen and oxygen atoms in total. The van der Waals surface area contributed by atoms with Gasteiger partial charge in [-0.2, -0.15) is 0 Å². The Bertz CT molecular complexity index is 680. The van der Waals surface area contributed by atoms with Gasteiger partial charge in [-0.3, -0.25) is 4.79 Å². The second-order valence-electron chi connectivity index (χ2n) is 4.04. The van der Waals surface area contributed by atoms with E-state index in [-0.39, 0.29) is 5.43 Å². The van der Waals surface area contributed by atoms with Crippen LogP contribution in [0.1, 0.15) is 12.5 Å². The molecule has 3 heteroatoms. The summed E-state index contributed by atoms with van der Waals surface area (Å²) in [4.78, 5) is 12.0. The number of para-hydroxylation sites is 1. The number of allylic oxidation sites excluding steroid dienone is 1. The molecule has 0 N–H and O–H groups in total. The number of aryl methyl sites for hydroxylation is 1. The Morgan fingerprint density at radius 2 is 2.06 bits per heavy atom. The highest BCUT2D eigenvalue weighted by Crippen LogP contribution is 2.29. The molecule has 0 unspecified atom stereocenters. The fraction of sp³-hybridized carbons (Fsp3) is 0.154. The smallest absolute Gasteiger partial charge is 0.192 e. The summed E-state index contributed by atoms with van der Waals surface area (Å²) in [7, 11) is 0. The van der Waals surface area contributed by atoms with E-state index < -0.39 is 0 Å². The predicted octanol–water partition coefficient (Wildman–Crippen LogP) is 2.52. The van der Waals surface area contributed by atoms with Crippen molar-refractivity contribution < 1.29 is 4.74 Å². The van der Waals surface area contributed by atoms with Gasteiger partial charge < -0.3 is 9.30 Å². The van der Waals surface area contributed by atoms with Gasteiger partial charge in [0, 0.05) is 11.8 Å². The van der Waals surface area contributed by atoms with Crippen LogP contribution in [-0.2, 0) is 0 Å². The largest absolute Gasteiger partial charge is 0.461 e. The first kappa shape index (κ1) is 9.21. The number of hydrogen-bond acceptors (Lipinski definition) is 2. The van der Waals surface area contributed by atoms with Crippen LogP contribution in [0.25, 0.3) is 16.6 Å². The van der Waals surface area contributed by atoms with Gasteiger partial charge in [0.2, 0.25) is 0 Å². The third-order valence-corrected chi connectivity index (χ3v) is 2.90. The van der Waals surface area contributed by atoms with Crippen LogP contribution in [-0.4, -0.2) is 4.57 Å². The fourth-order valence-corrected chi connectivity index (χ4v) is 2.06. The van der Waals surface area contributed by atoms with Crippen molar-refractivity contribution in [3.63, 3.8) is 0 Å². The minimum absolute atomic E-state index is 0.0754. The summed E-state index contributed by atoms with van der Waals surface area (Å²) >= 11 is 0. The Balaban J connectivity index is 2.61. The van der Waals surface area contributed by atoms with Crippen molar-refractivity contribution in [2.24, 2.45) is 0 Å². The maximum Gasteiger partial charge on any atom is 0.192 e. The standard InChI is InChI=1S/C13H11NO2/c1-8-6-14-9(2)7-16-11-5-3-4-10(12(11)14)13(8)15/h3-7H,1-2H3. The summed E-state index contributed by atoms with van der Waals surface area (Å²) in [5.74, 6) is 0.736. The number of ether oxygens (including phenoxy) is 1. The first-order valence-electron chi connectivity index (χ1n) is 5.17. The molecule has 0 aliphatic carbocycles. The molecule has 0 spiro atoms. The second kappa shape index (κ2) is 2.98. The van der Waals surface area contributed by atoms with E-state index in [2.05, 4.69) is 0 Å². The molecular formula is C13H11NO2. The van der Waals surface area contributed by atoms with Crippen LogP contribution in [0, 0.1) is 6.92 Å². The zero-order chi connectivity index (χ0) is 11.3. The Labute approximate surface area is 92.6 Å². The van der Waals surface area contributed by atoms with Crippen LogP contribution in [0.5, 0.6) is 5.75 Å². The Hall–Kier alpha value is -2.03. The molecule has 1 aromatic carbocycles. The predicted molar refractivity (Wildman–Crippen MR) is 63.5 cm³/mol. The van der Waals surface area contributed by atoms with Crippen LogP contribution in [0.3, 0.4) is 0 Å². The van der Waals surface area contributed by atoms with E-state index in [4.69, 9.17) is 4.74 Å². The van der Waals surface area contributed by atoms with E-state index in [9.17, 15) is 4.79 Å². The van der Waals surface area contributed by atoms with Gasteiger partial charge in [-0.05, 0) is 26.0 Å². The zero-order valence-corrected chi connectivity index (χ0v) is 9.15. The summed E-state index contributed by atoms with van der Waals surface area (Å²) < 4.78 is 7.49. The van der Waals surface area contributed by atoms with Gasteiger partial charge in [0.25, 0.3) is 0 Å². The van der Waals surface area contributed by atoms with Gasteiger partial charge >= 0.3 is 0 Å². The molecule has 16 heavy (non-hydrogen) atoms. The minimum Gasteiger partial charge on any atom is -0.461 e. The van der Waals surface area contributed by atoms with Crippen LogP contribution in [0.4, 0.5) is 0 Å². The van der Waals surface area contributed by atoms with Gasteiger partial charge in [0.15, 0.2) is 11.2 Å². The molecule has 1 aliphatic heterocycles. The Kier molecular flexibility index (Phi) is 1.72. The first-order chi connectivity index (χ1) is 7.68. The molecule has 1 aliphatic rings. The molecule has 2 aromatic rings. The van der Waals surface area contributed by atoms with Crippen LogP contribution >= 0.6 is 0 Å². The first-order valence-corrected chi connectivity index (χ1v) is 5.17. The zero-order valence-electron chi connectivity index (χ0n) is 9.15. The highest BCUT2D eigenvalue weighted by Gasteiger charge is 2.15. The lowest BCUT2D eigenvalue weighted by Gasteiger charge is -2.19. The molecule has 0 atom stereocenters.